The molecule has 0 spiro atoms. The number of anilines is 1. The third-order valence-corrected chi connectivity index (χ3v) is 4.73. The van der Waals surface area contributed by atoms with Crippen LogP contribution in [0.5, 0.6) is 0 Å². The van der Waals surface area contributed by atoms with Gasteiger partial charge in [0.05, 0.1) is 11.9 Å². The molecule has 0 fully saturated rings. The Labute approximate surface area is 172 Å². The summed E-state index contributed by atoms with van der Waals surface area (Å²) in [5, 5.41) is 7.88. The van der Waals surface area contributed by atoms with Gasteiger partial charge in [-0.15, -0.1) is 0 Å². The third-order valence-electron chi connectivity index (χ3n) is 4.54. The van der Waals surface area contributed by atoms with E-state index in [1.54, 1.807) is 6.21 Å². The fourth-order valence-electron chi connectivity index (χ4n) is 2.85. The second-order valence-electron chi connectivity index (χ2n) is 7.15. The molecule has 2 N–H and O–H groups in total. The number of hydrogen-bond donors (Lipinski definition) is 2. The highest BCUT2D eigenvalue weighted by molar-refractivity contribution is 7.80. The zero-order valence-corrected chi connectivity index (χ0v) is 17.3. The first-order chi connectivity index (χ1) is 13.5. The Hall–Kier alpha value is -2.92. The monoisotopic (exact) mass is 390 g/mol. The lowest BCUT2D eigenvalue weighted by Gasteiger charge is -2.10. The molecule has 0 saturated carbocycles. The van der Waals surface area contributed by atoms with Gasteiger partial charge < -0.3 is 9.88 Å². The first-order valence-electron chi connectivity index (χ1n) is 9.42. The van der Waals surface area contributed by atoms with Crippen molar-refractivity contribution in [3.05, 3.63) is 89.2 Å². The van der Waals surface area contributed by atoms with Gasteiger partial charge in [-0.2, -0.15) is 5.10 Å². The van der Waals surface area contributed by atoms with Crippen molar-refractivity contribution < 1.29 is 0 Å². The molecule has 0 aliphatic rings. The first-order valence-corrected chi connectivity index (χ1v) is 9.83. The molecule has 5 heteroatoms. The third kappa shape index (κ3) is 5.54. The standard InChI is InChI=1S/C23H26N4S/c1-17(2)20-10-12-21(13-11-20)25-23(28)26-24-15-22-5-4-14-27(22)16-19-8-6-18(3)7-9-19/h4-15,17H,16H2,1-3H3,(H2,25,26,28)/b24-15+. The minimum Gasteiger partial charge on any atom is -0.342 e. The lowest BCUT2D eigenvalue weighted by molar-refractivity contribution is 0.798. The Bertz CT molecular complexity index is 937. The van der Waals surface area contributed by atoms with Crippen LogP contribution in [0.3, 0.4) is 0 Å². The van der Waals surface area contributed by atoms with E-state index >= 15 is 0 Å². The van der Waals surface area contributed by atoms with E-state index in [1.165, 1.54) is 16.7 Å². The van der Waals surface area contributed by atoms with E-state index in [0.29, 0.717) is 11.0 Å². The molecule has 0 bridgehead atoms. The van der Waals surface area contributed by atoms with Crippen molar-refractivity contribution in [3.63, 3.8) is 0 Å². The van der Waals surface area contributed by atoms with Crippen LogP contribution in [0.25, 0.3) is 0 Å². The summed E-state index contributed by atoms with van der Waals surface area (Å²) in [7, 11) is 0. The molecular weight excluding hydrogens is 364 g/mol. The molecular formula is C23H26N4S. The van der Waals surface area contributed by atoms with Crippen molar-refractivity contribution in [1.29, 1.82) is 0 Å². The number of rotatable bonds is 6. The van der Waals surface area contributed by atoms with Gasteiger partial charge in [0.2, 0.25) is 0 Å². The Kier molecular flexibility index (Phi) is 6.61. The molecule has 4 nitrogen and oxygen atoms in total. The van der Waals surface area contributed by atoms with E-state index in [0.717, 1.165) is 17.9 Å². The van der Waals surface area contributed by atoms with Gasteiger partial charge in [0.15, 0.2) is 5.11 Å². The Morgan fingerprint density at radius 1 is 1.07 bits per heavy atom. The highest BCUT2D eigenvalue weighted by atomic mass is 32.1. The van der Waals surface area contributed by atoms with Crippen LogP contribution in [0, 0.1) is 6.92 Å². The van der Waals surface area contributed by atoms with Crippen LogP contribution in [0.2, 0.25) is 0 Å². The molecule has 3 rings (SSSR count). The Morgan fingerprint density at radius 2 is 1.79 bits per heavy atom. The summed E-state index contributed by atoms with van der Waals surface area (Å²) in [5.74, 6) is 0.514. The summed E-state index contributed by atoms with van der Waals surface area (Å²) in [4.78, 5) is 0. The van der Waals surface area contributed by atoms with Crippen molar-refractivity contribution >= 4 is 29.2 Å². The van der Waals surface area contributed by atoms with Crippen molar-refractivity contribution in [2.24, 2.45) is 5.10 Å². The largest absolute Gasteiger partial charge is 0.342 e. The topological polar surface area (TPSA) is 41.4 Å². The quantitative estimate of drug-likeness (QED) is 0.341. The summed E-state index contributed by atoms with van der Waals surface area (Å²) >= 11 is 5.32. The molecule has 0 aliphatic heterocycles. The molecule has 0 unspecified atom stereocenters. The minimum absolute atomic E-state index is 0.463. The van der Waals surface area contributed by atoms with Gasteiger partial charge >= 0.3 is 0 Å². The Morgan fingerprint density at radius 3 is 2.46 bits per heavy atom. The van der Waals surface area contributed by atoms with Crippen molar-refractivity contribution in [2.75, 3.05) is 5.32 Å². The average Bonchev–Trinajstić information content (AvgIpc) is 3.11. The van der Waals surface area contributed by atoms with Crippen LogP contribution in [0.1, 0.15) is 42.1 Å². The maximum Gasteiger partial charge on any atom is 0.191 e. The molecule has 1 heterocycles. The van der Waals surface area contributed by atoms with E-state index in [4.69, 9.17) is 12.2 Å². The second-order valence-corrected chi connectivity index (χ2v) is 7.56. The summed E-state index contributed by atoms with van der Waals surface area (Å²) in [6, 6.07) is 20.9. The van der Waals surface area contributed by atoms with Gasteiger partial charge in [0, 0.05) is 18.4 Å². The molecule has 0 saturated heterocycles. The predicted octanol–water partition coefficient (Wildman–Crippen LogP) is 5.29. The maximum atomic E-state index is 5.32. The van der Waals surface area contributed by atoms with Crippen LogP contribution in [0.4, 0.5) is 5.69 Å². The summed E-state index contributed by atoms with van der Waals surface area (Å²) < 4.78 is 2.15. The van der Waals surface area contributed by atoms with E-state index in [1.807, 2.05) is 30.5 Å². The lowest BCUT2D eigenvalue weighted by Crippen LogP contribution is -2.24. The summed E-state index contributed by atoms with van der Waals surface area (Å²) in [5.41, 5.74) is 8.66. The van der Waals surface area contributed by atoms with Gasteiger partial charge in [-0.3, -0.25) is 5.43 Å². The molecule has 0 radical (unpaired) electrons. The fourth-order valence-corrected chi connectivity index (χ4v) is 3.02. The van der Waals surface area contributed by atoms with Gasteiger partial charge in [-0.1, -0.05) is 55.8 Å². The number of nitrogens with one attached hydrogen (secondary N) is 2. The molecule has 1 aromatic heterocycles. The van der Waals surface area contributed by atoms with Crippen LogP contribution in [0.15, 0.2) is 72.0 Å². The van der Waals surface area contributed by atoms with Crippen LogP contribution in [-0.2, 0) is 6.54 Å². The number of benzene rings is 2. The van der Waals surface area contributed by atoms with Crippen LogP contribution >= 0.6 is 12.2 Å². The molecule has 0 atom stereocenters. The molecule has 2 aromatic carbocycles. The van der Waals surface area contributed by atoms with Gasteiger partial charge in [-0.05, 0) is 60.5 Å². The summed E-state index contributed by atoms with van der Waals surface area (Å²) in [6.07, 6.45) is 3.83. The number of nitrogens with zero attached hydrogens (tertiary/aromatic N) is 2. The molecule has 28 heavy (non-hydrogen) atoms. The average molecular weight is 391 g/mol. The SMILES string of the molecule is Cc1ccc(Cn2cccc2/C=N/NC(=S)Nc2ccc(C(C)C)cc2)cc1. The number of hydrazone groups is 1. The number of aryl methyl sites for hydroxylation is 1. The summed E-state index contributed by atoms with van der Waals surface area (Å²) in [6.45, 7) is 7.26. The van der Waals surface area contributed by atoms with Gasteiger partial charge in [0.1, 0.15) is 0 Å². The van der Waals surface area contributed by atoms with Crippen molar-refractivity contribution in [3.8, 4) is 0 Å². The minimum atomic E-state index is 0.463. The number of hydrogen-bond acceptors (Lipinski definition) is 2. The number of aromatic nitrogens is 1. The van der Waals surface area contributed by atoms with E-state index in [-0.39, 0.29) is 0 Å². The van der Waals surface area contributed by atoms with E-state index in [9.17, 15) is 0 Å². The van der Waals surface area contributed by atoms with E-state index < -0.39 is 0 Å². The highest BCUT2D eigenvalue weighted by Gasteiger charge is 2.02. The Balaban J connectivity index is 1.55. The fraction of sp³-hybridized carbons (Fsp3) is 0.217. The van der Waals surface area contributed by atoms with E-state index in [2.05, 4.69) is 77.6 Å². The first kappa shape index (κ1) is 19.8. The van der Waals surface area contributed by atoms with Crippen LogP contribution in [-0.4, -0.2) is 15.9 Å². The molecule has 0 aliphatic carbocycles. The number of thiocarbonyl (C=S) groups is 1. The zero-order chi connectivity index (χ0) is 19.9. The molecule has 144 valence electrons. The van der Waals surface area contributed by atoms with Crippen molar-refractivity contribution in [1.82, 2.24) is 9.99 Å². The molecule has 3 aromatic rings. The van der Waals surface area contributed by atoms with Gasteiger partial charge in [0.25, 0.3) is 0 Å². The molecule has 0 amide bonds. The smallest absolute Gasteiger partial charge is 0.191 e. The normalized spacial score (nSPS) is 11.1. The highest BCUT2D eigenvalue weighted by Crippen LogP contribution is 2.17. The predicted molar refractivity (Wildman–Crippen MR) is 122 cm³/mol. The lowest BCUT2D eigenvalue weighted by atomic mass is 10.0. The maximum absolute atomic E-state index is 5.32. The zero-order valence-electron chi connectivity index (χ0n) is 16.5. The van der Waals surface area contributed by atoms with Crippen molar-refractivity contribution in [2.45, 2.75) is 33.2 Å². The second kappa shape index (κ2) is 9.33. The van der Waals surface area contributed by atoms with Gasteiger partial charge in [-0.25, -0.2) is 0 Å². The van der Waals surface area contributed by atoms with Crippen LogP contribution < -0.4 is 10.7 Å².